The molecule has 2 saturated carbocycles. The zero-order valence-corrected chi connectivity index (χ0v) is 18.9. The van der Waals surface area contributed by atoms with Gasteiger partial charge in [-0.1, -0.05) is 37.5 Å². The Morgan fingerprint density at radius 2 is 1.84 bits per heavy atom. The molecule has 0 bridgehead atoms. The Hall–Kier alpha value is -1.95. The van der Waals surface area contributed by atoms with Gasteiger partial charge in [-0.2, -0.15) is 11.8 Å². The highest BCUT2D eigenvalue weighted by Crippen LogP contribution is 2.36. The first kappa shape index (κ1) is 20.9. The van der Waals surface area contributed by atoms with Crippen LogP contribution in [0.15, 0.2) is 28.7 Å². The lowest BCUT2D eigenvalue weighted by molar-refractivity contribution is -0.126. The minimum absolute atomic E-state index is 0.0561. The highest BCUT2D eigenvalue weighted by Gasteiger charge is 2.34. The van der Waals surface area contributed by atoms with Gasteiger partial charge in [0.15, 0.2) is 5.76 Å². The molecule has 1 unspecified atom stereocenters. The van der Waals surface area contributed by atoms with Crippen molar-refractivity contribution in [2.45, 2.75) is 74.8 Å². The first-order valence-corrected chi connectivity index (χ1v) is 13.0. The molecule has 31 heavy (non-hydrogen) atoms. The van der Waals surface area contributed by atoms with Gasteiger partial charge in [-0.05, 0) is 44.6 Å². The molecule has 2 amide bonds. The van der Waals surface area contributed by atoms with E-state index in [0.717, 1.165) is 48.0 Å². The van der Waals surface area contributed by atoms with Crippen molar-refractivity contribution >= 4 is 34.5 Å². The number of carbonyl (C=O) groups excluding carboxylic acids is 2. The second-order valence-electron chi connectivity index (χ2n) is 9.35. The van der Waals surface area contributed by atoms with E-state index < -0.39 is 0 Å². The van der Waals surface area contributed by atoms with E-state index in [9.17, 15) is 9.59 Å². The zero-order valence-electron chi connectivity index (χ0n) is 18.1. The SMILES string of the molecule is O=C(NC1CC1)C1CCCN(C(=O)c2oc3ccccc3c2CSC2CCCCC2)C1. The molecule has 166 valence electrons. The van der Waals surface area contributed by atoms with E-state index in [4.69, 9.17) is 4.42 Å². The van der Waals surface area contributed by atoms with Crippen molar-refractivity contribution in [3.8, 4) is 0 Å². The lowest BCUT2D eigenvalue weighted by Gasteiger charge is -2.31. The molecule has 2 aromatic rings. The molecule has 1 aromatic heterocycles. The highest BCUT2D eigenvalue weighted by atomic mass is 32.2. The quantitative estimate of drug-likeness (QED) is 0.676. The predicted octanol–water partition coefficient (Wildman–Crippen LogP) is 5.13. The van der Waals surface area contributed by atoms with E-state index >= 15 is 0 Å². The van der Waals surface area contributed by atoms with Gasteiger partial charge in [0.1, 0.15) is 5.58 Å². The molecule has 1 aromatic carbocycles. The Morgan fingerprint density at radius 3 is 2.65 bits per heavy atom. The van der Waals surface area contributed by atoms with Crippen molar-refractivity contribution in [1.29, 1.82) is 0 Å². The Bertz CT molecular complexity index is 945. The van der Waals surface area contributed by atoms with Gasteiger partial charge in [0, 0.05) is 41.1 Å². The summed E-state index contributed by atoms with van der Waals surface area (Å²) in [6.07, 6.45) is 10.4. The molecule has 6 heteroatoms. The number of rotatable bonds is 6. The molecule has 3 fully saturated rings. The summed E-state index contributed by atoms with van der Waals surface area (Å²) in [6, 6.07) is 8.34. The molecule has 5 rings (SSSR count). The molecule has 5 nitrogen and oxygen atoms in total. The third-order valence-corrected chi connectivity index (χ3v) is 8.31. The number of hydrogen-bond donors (Lipinski definition) is 1. The van der Waals surface area contributed by atoms with E-state index in [1.807, 2.05) is 34.9 Å². The number of amides is 2. The third-order valence-electron chi connectivity index (χ3n) is 6.91. The fourth-order valence-corrected chi connectivity index (χ4v) is 6.27. The third kappa shape index (κ3) is 4.79. The number of nitrogens with zero attached hydrogens (tertiary/aromatic N) is 1. The van der Waals surface area contributed by atoms with Crippen molar-refractivity contribution in [2.24, 2.45) is 5.92 Å². The molecule has 0 spiro atoms. The maximum atomic E-state index is 13.5. The fourth-order valence-electron chi connectivity index (χ4n) is 4.91. The molecule has 1 saturated heterocycles. The first-order valence-electron chi connectivity index (χ1n) is 11.9. The van der Waals surface area contributed by atoms with Crippen LogP contribution in [0.5, 0.6) is 0 Å². The van der Waals surface area contributed by atoms with Crippen LogP contribution in [0.4, 0.5) is 0 Å². The molecule has 1 N–H and O–H groups in total. The smallest absolute Gasteiger partial charge is 0.289 e. The van der Waals surface area contributed by atoms with Gasteiger partial charge < -0.3 is 14.6 Å². The number of para-hydroxylation sites is 1. The maximum absolute atomic E-state index is 13.5. The number of furan rings is 1. The molecule has 0 radical (unpaired) electrons. The average molecular weight is 441 g/mol. The molecular formula is C25H32N2O3S. The van der Waals surface area contributed by atoms with E-state index in [2.05, 4.69) is 11.4 Å². The number of benzene rings is 1. The Morgan fingerprint density at radius 1 is 1.03 bits per heavy atom. The summed E-state index contributed by atoms with van der Waals surface area (Å²) < 4.78 is 6.12. The topological polar surface area (TPSA) is 62.6 Å². The van der Waals surface area contributed by atoms with Crippen molar-refractivity contribution in [3.05, 3.63) is 35.6 Å². The number of likely N-dealkylation sites (tertiary alicyclic amines) is 1. The maximum Gasteiger partial charge on any atom is 0.289 e. The minimum atomic E-state index is -0.109. The fraction of sp³-hybridized carbons (Fsp3) is 0.600. The number of hydrogen-bond acceptors (Lipinski definition) is 4. The Kier molecular flexibility index (Phi) is 6.26. The number of carbonyl (C=O) groups is 2. The second kappa shape index (κ2) is 9.27. The monoisotopic (exact) mass is 440 g/mol. The molecule has 1 atom stereocenters. The molecular weight excluding hydrogens is 408 g/mol. The largest absolute Gasteiger partial charge is 0.451 e. The molecule has 2 heterocycles. The van der Waals surface area contributed by atoms with Gasteiger partial charge >= 0.3 is 0 Å². The second-order valence-corrected chi connectivity index (χ2v) is 10.6. The summed E-state index contributed by atoms with van der Waals surface area (Å²) in [7, 11) is 0. The van der Waals surface area contributed by atoms with Crippen LogP contribution in [0, 0.1) is 5.92 Å². The Balaban J connectivity index is 1.34. The van der Waals surface area contributed by atoms with Crippen molar-refractivity contribution in [1.82, 2.24) is 10.2 Å². The van der Waals surface area contributed by atoms with Crippen molar-refractivity contribution < 1.29 is 14.0 Å². The highest BCUT2D eigenvalue weighted by molar-refractivity contribution is 7.99. The average Bonchev–Trinajstić information content (AvgIpc) is 3.55. The Labute approximate surface area is 188 Å². The summed E-state index contributed by atoms with van der Waals surface area (Å²) >= 11 is 1.97. The van der Waals surface area contributed by atoms with Crippen LogP contribution in [-0.2, 0) is 10.5 Å². The van der Waals surface area contributed by atoms with E-state index in [1.165, 1.54) is 32.1 Å². The number of fused-ring (bicyclic) bond motifs is 1. The summed E-state index contributed by atoms with van der Waals surface area (Å²) in [6.45, 7) is 1.18. The number of thioether (sulfide) groups is 1. The van der Waals surface area contributed by atoms with Gasteiger partial charge in [-0.15, -0.1) is 0 Å². The van der Waals surface area contributed by atoms with Crippen molar-refractivity contribution in [3.63, 3.8) is 0 Å². The van der Waals surface area contributed by atoms with Crippen LogP contribution in [-0.4, -0.2) is 41.1 Å². The van der Waals surface area contributed by atoms with Gasteiger partial charge in [-0.3, -0.25) is 9.59 Å². The molecule has 1 aliphatic heterocycles. The zero-order chi connectivity index (χ0) is 21.2. The van der Waals surface area contributed by atoms with E-state index in [-0.39, 0.29) is 17.7 Å². The first-order chi connectivity index (χ1) is 15.2. The van der Waals surface area contributed by atoms with Crippen LogP contribution < -0.4 is 5.32 Å². The number of nitrogens with one attached hydrogen (secondary N) is 1. The number of piperidine rings is 1. The van der Waals surface area contributed by atoms with Crippen molar-refractivity contribution in [2.75, 3.05) is 13.1 Å². The van der Waals surface area contributed by atoms with Gasteiger partial charge in [0.05, 0.1) is 5.92 Å². The lowest BCUT2D eigenvalue weighted by Crippen LogP contribution is -2.46. The van der Waals surface area contributed by atoms with Crippen LogP contribution >= 0.6 is 11.8 Å². The van der Waals surface area contributed by atoms with Crippen LogP contribution in [0.2, 0.25) is 0 Å². The normalized spacial score (nSPS) is 22.6. The molecule has 2 aliphatic carbocycles. The summed E-state index contributed by atoms with van der Waals surface area (Å²) in [4.78, 5) is 27.9. The van der Waals surface area contributed by atoms with Crippen LogP contribution in [0.1, 0.15) is 73.9 Å². The van der Waals surface area contributed by atoms with E-state index in [1.54, 1.807) is 0 Å². The standard InChI is InChI=1S/C25H32N2O3S/c28-24(26-18-12-13-18)17-7-6-14-27(15-17)25(29)23-21(16-31-19-8-2-1-3-9-19)20-10-4-5-11-22(20)30-23/h4-5,10-11,17-19H,1-3,6-9,12-16H2,(H,26,28). The van der Waals surface area contributed by atoms with Crippen LogP contribution in [0.3, 0.4) is 0 Å². The summed E-state index contributed by atoms with van der Waals surface area (Å²) in [5, 5.41) is 4.84. The lowest BCUT2D eigenvalue weighted by atomic mass is 9.96. The van der Waals surface area contributed by atoms with Crippen LogP contribution in [0.25, 0.3) is 11.0 Å². The predicted molar refractivity (Wildman–Crippen MR) is 124 cm³/mol. The van der Waals surface area contributed by atoms with E-state index in [0.29, 0.717) is 30.1 Å². The van der Waals surface area contributed by atoms with Gasteiger partial charge in [0.2, 0.25) is 5.91 Å². The van der Waals surface area contributed by atoms with Gasteiger partial charge in [-0.25, -0.2) is 0 Å². The van der Waals surface area contributed by atoms with Gasteiger partial charge in [0.25, 0.3) is 5.91 Å². The molecule has 3 aliphatic rings. The summed E-state index contributed by atoms with van der Waals surface area (Å²) in [5.41, 5.74) is 1.81. The summed E-state index contributed by atoms with van der Waals surface area (Å²) in [5.74, 6) is 1.23. The minimum Gasteiger partial charge on any atom is -0.451 e.